The van der Waals surface area contributed by atoms with Gasteiger partial charge in [0.05, 0.1) is 0 Å². The molecule has 0 bridgehead atoms. The van der Waals surface area contributed by atoms with E-state index in [1.54, 1.807) is 0 Å². The summed E-state index contributed by atoms with van der Waals surface area (Å²) in [6, 6.07) is 0. The molecule has 1 aliphatic rings. The standard InChI is InChI=1S/C8H12.2CHF3O3S.Pt/c1-2-4-6-8-7-5-3-1;2*2-1(3,4)8(5,6)7;/h1-2,7-8H,3-6H2;2*(H,5,6,7);/q;;;+2/p-2/b2-1-,8-7-;;;. The molecule has 0 saturated heterocycles. The van der Waals surface area contributed by atoms with E-state index < -0.39 is 31.3 Å². The van der Waals surface area contributed by atoms with Gasteiger partial charge in [-0.25, -0.2) is 16.8 Å². The zero-order valence-corrected chi connectivity index (χ0v) is 15.9. The van der Waals surface area contributed by atoms with Crippen molar-refractivity contribution in [1.29, 1.82) is 0 Å². The van der Waals surface area contributed by atoms with Crippen molar-refractivity contribution in [2.45, 2.75) is 36.7 Å². The SMILES string of the molecule is C1=C\CC/C=C\CC/1.O=S(=O)([O-])C(F)(F)F.O=S(=O)([O-])C(F)(F)F.[Pt+2]. The first-order valence-electron chi connectivity index (χ1n) is 5.84. The smallest absolute Gasteiger partial charge is 0.741 e. The minimum Gasteiger partial charge on any atom is -0.741 e. The van der Waals surface area contributed by atoms with Crippen LogP contribution in [0.25, 0.3) is 0 Å². The van der Waals surface area contributed by atoms with Gasteiger partial charge in [0.15, 0.2) is 20.2 Å². The Labute approximate surface area is 154 Å². The van der Waals surface area contributed by atoms with Crippen molar-refractivity contribution in [3.8, 4) is 0 Å². The second kappa shape index (κ2) is 12.0. The predicted octanol–water partition coefficient (Wildman–Crippen LogP) is 2.77. The Morgan fingerprint density at radius 2 is 0.720 bits per heavy atom. The Morgan fingerprint density at radius 3 is 0.800 bits per heavy atom. The molecule has 1 aliphatic carbocycles. The van der Waals surface area contributed by atoms with Crippen molar-refractivity contribution in [2.75, 3.05) is 0 Å². The van der Waals surface area contributed by atoms with Crippen LogP contribution in [0.3, 0.4) is 0 Å². The molecule has 15 heteroatoms. The number of halogens is 6. The van der Waals surface area contributed by atoms with Gasteiger partial charge in [0.25, 0.3) is 0 Å². The van der Waals surface area contributed by atoms with Crippen LogP contribution >= 0.6 is 0 Å². The number of alkyl halides is 6. The van der Waals surface area contributed by atoms with E-state index in [0.717, 1.165) is 0 Å². The summed E-state index contributed by atoms with van der Waals surface area (Å²) < 4.78 is 118. The van der Waals surface area contributed by atoms with E-state index in [0.29, 0.717) is 0 Å². The van der Waals surface area contributed by atoms with Crippen LogP contribution in [0.5, 0.6) is 0 Å². The summed E-state index contributed by atoms with van der Waals surface area (Å²) in [6.45, 7) is 0. The fourth-order valence-electron chi connectivity index (χ4n) is 0.856. The summed E-state index contributed by atoms with van der Waals surface area (Å²) in [4.78, 5) is 0. The zero-order valence-electron chi connectivity index (χ0n) is 12.0. The third kappa shape index (κ3) is 16.8. The molecule has 25 heavy (non-hydrogen) atoms. The minimum atomic E-state index is -6.09. The number of hydrogen-bond donors (Lipinski definition) is 0. The summed E-state index contributed by atoms with van der Waals surface area (Å²) in [5.41, 5.74) is -11.3. The van der Waals surface area contributed by atoms with Gasteiger partial charge in [-0.15, -0.1) is 0 Å². The Balaban J connectivity index is -0.000000285. The van der Waals surface area contributed by atoms with Crippen LogP contribution in [0.4, 0.5) is 26.3 Å². The molecule has 0 aliphatic heterocycles. The maximum absolute atomic E-state index is 10.7. The molecule has 0 aromatic heterocycles. The van der Waals surface area contributed by atoms with Gasteiger partial charge in [0.1, 0.15) is 0 Å². The average Bonchev–Trinajstić information content (AvgIpc) is 2.23. The van der Waals surface area contributed by atoms with Crippen molar-refractivity contribution >= 4 is 20.2 Å². The van der Waals surface area contributed by atoms with Gasteiger partial charge < -0.3 is 9.11 Å². The number of rotatable bonds is 0. The normalized spacial score (nSPS) is 17.9. The fraction of sp³-hybridized carbons (Fsp3) is 0.600. The molecular weight excluding hydrogens is 589 g/mol. The molecule has 0 unspecified atom stereocenters. The first-order chi connectivity index (χ1) is 10.5. The monoisotopic (exact) mass is 601 g/mol. The Morgan fingerprint density at radius 1 is 0.600 bits per heavy atom. The van der Waals surface area contributed by atoms with Crippen LogP contribution in [0.1, 0.15) is 25.7 Å². The van der Waals surface area contributed by atoms with Crippen LogP contribution < -0.4 is 0 Å². The number of hydrogen-bond acceptors (Lipinski definition) is 6. The van der Waals surface area contributed by atoms with Crippen molar-refractivity contribution in [3.05, 3.63) is 24.3 Å². The van der Waals surface area contributed by atoms with E-state index in [9.17, 15) is 26.3 Å². The molecule has 0 saturated carbocycles. The molecule has 0 fully saturated rings. The van der Waals surface area contributed by atoms with Crippen molar-refractivity contribution < 1.29 is 73.3 Å². The van der Waals surface area contributed by atoms with Gasteiger partial charge in [0.2, 0.25) is 0 Å². The first-order valence-corrected chi connectivity index (χ1v) is 8.66. The third-order valence-electron chi connectivity index (χ3n) is 1.90. The van der Waals surface area contributed by atoms with Crippen molar-refractivity contribution in [1.82, 2.24) is 0 Å². The maximum Gasteiger partial charge on any atom is 2.00 e. The Kier molecular flexibility index (Phi) is 14.1. The molecule has 0 spiro atoms. The molecular formula is C10H12F6O6PtS2. The first kappa shape index (κ1) is 29.3. The minimum absolute atomic E-state index is 0. The number of allylic oxidation sites excluding steroid dienone is 4. The van der Waals surface area contributed by atoms with Crippen molar-refractivity contribution in [2.24, 2.45) is 0 Å². The molecule has 0 radical (unpaired) electrons. The van der Waals surface area contributed by atoms with Gasteiger partial charge >= 0.3 is 32.1 Å². The van der Waals surface area contributed by atoms with Gasteiger partial charge in [-0.3, -0.25) is 0 Å². The molecule has 0 atom stereocenters. The molecule has 6 nitrogen and oxygen atoms in total. The zero-order chi connectivity index (χ0) is 19.7. The van der Waals surface area contributed by atoms with E-state index in [4.69, 9.17) is 25.9 Å². The average molecular weight is 601 g/mol. The summed E-state index contributed by atoms with van der Waals surface area (Å²) in [5, 5.41) is 0. The third-order valence-corrected chi connectivity index (χ3v) is 3.03. The molecule has 0 amide bonds. The van der Waals surface area contributed by atoms with Crippen LogP contribution in [-0.4, -0.2) is 37.0 Å². The molecule has 1 rings (SSSR count). The van der Waals surface area contributed by atoms with Gasteiger partial charge in [-0.1, -0.05) is 24.3 Å². The summed E-state index contributed by atoms with van der Waals surface area (Å²) in [5.74, 6) is 0. The quantitative estimate of drug-likeness (QED) is 0.183. The van der Waals surface area contributed by atoms with Crippen LogP contribution in [0.2, 0.25) is 0 Å². The molecule has 0 N–H and O–H groups in total. The maximum atomic E-state index is 10.7. The summed E-state index contributed by atoms with van der Waals surface area (Å²) >= 11 is 0. The van der Waals surface area contributed by atoms with E-state index >= 15 is 0 Å². The predicted molar refractivity (Wildman–Crippen MR) is 68.3 cm³/mol. The van der Waals surface area contributed by atoms with E-state index in [1.165, 1.54) is 25.7 Å². The van der Waals surface area contributed by atoms with Crippen LogP contribution in [0, 0.1) is 0 Å². The molecule has 152 valence electrons. The second-order valence-corrected chi connectivity index (χ2v) is 6.64. The summed E-state index contributed by atoms with van der Waals surface area (Å²) in [6.07, 6.45) is 14.0. The Bertz CT molecular complexity index is 553. The topological polar surface area (TPSA) is 114 Å². The van der Waals surface area contributed by atoms with Gasteiger partial charge in [-0.2, -0.15) is 26.3 Å². The van der Waals surface area contributed by atoms with Gasteiger partial charge in [0, 0.05) is 0 Å². The van der Waals surface area contributed by atoms with E-state index in [2.05, 4.69) is 24.3 Å². The van der Waals surface area contributed by atoms with E-state index in [-0.39, 0.29) is 21.1 Å². The van der Waals surface area contributed by atoms with E-state index in [1.807, 2.05) is 0 Å². The summed E-state index contributed by atoms with van der Waals surface area (Å²) in [7, 11) is -12.2. The van der Waals surface area contributed by atoms with Crippen molar-refractivity contribution in [3.63, 3.8) is 0 Å². The fourth-order valence-corrected chi connectivity index (χ4v) is 0.856. The van der Waals surface area contributed by atoms with Gasteiger partial charge in [-0.05, 0) is 25.7 Å². The largest absolute Gasteiger partial charge is 2.00 e. The van der Waals surface area contributed by atoms with Crippen LogP contribution in [-0.2, 0) is 41.3 Å². The second-order valence-electron chi connectivity index (χ2n) is 3.90. The molecule has 0 aromatic rings. The molecule has 0 heterocycles. The molecule has 0 aromatic carbocycles. The Hall–Kier alpha value is -0.432. The van der Waals surface area contributed by atoms with Crippen LogP contribution in [0.15, 0.2) is 24.3 Å².